The van der Waals surface area contributed by atoms with Gasteiger partial charge >= 0.3 is 6.18 Å². The van der Waals surface area contributed by atoms with Gasteiger partial charge in [-0.25, -0.2) is 8.78 Å². The van der Waals surface area contributed by atoms with E-state index in [0.717, 1.165) is 6.07 Å². The Morgan fingerprint density at radius 2 is 1.94 bits per heavy atom. The first-order valence-corrected chi connectivity index (χ1v) is 4.41. The molecule has 0 aromatic rings. The number of halogens is 5. The van der Waals surface area contributed by atoms with Crippen LogP contribution < -0.4 is 5.32 Å². The van der Waals surface area contributed by atoms with E-state index in [4.69, 9.17) is 5.26 Å². The van der Waals surface area contributed by atoms with Gasteiger partial charge in [0.05, 0.1) is 12.7 Å². The molecule has 0 aliphatic carbocycles. The fourth-order valence-corrected chi connectivity index (χ4v) is 0.798. The summed E-state index contributed by atoms with van der Waals surface area (Å²) in [5, 5.41) is 10.5. The number of nitrogens with zero attached hydrogens (tertiary/aromatic N) is 1. The highest BCUT2D eigenvalue weighted by atomic mass is 19.4. The second-order valence-corrected chi connectivity index (χ2v) is 2.89. The molecule has 16 heavy (non-hydrogen) atoms. The maximum absolute atomic E-state index is 12.0. The molecule has 0 radical (unpaired) electrons. The van der Waals surface area contributed by atoms with Crippen LogP contribution >= 0.6 is 0 Å². The van der Waals surface area contributed by atoms with Gasteiger partial charge in [-0.05, 0) is 0 Å². The Morgan fingerprint density at radius 3 is 2.38 bits per heavy atom. The SMILES string of the molecule is N#CC(CNCCOCC(F)F)C(F)(F)F. The molecule has 0 amide bonds. The number of nitrogens with one attached hydrogen (secondary N) is 1. The third-order valence-electron chi connectivity index (χ3n) is 1.57. The Bertz CT molecular complexity index is 225. The highest BCUT2D eigenvalue weighted by molar-refractivity contribution is 4.89. The summed E-state index contributed by atoms with van der Waals surface area (Å²) in [7, 11) is 0. The smallest absolute Gasteiger partial charge is 0.374 e. The number of nitriles is 1. The molecule has 0 aromatic carbocycles. The Labute approximate surface area is 89.2 Å². The average Bonchev–Trinajstić information content (AvgIpc) is 2.14. The minimum Gasteiger partial charge on any atom is -0.374 e. The summed E-state index contributed by atoms with van der Waals surface area (Å²) in [6.07, 6.45) is -7.17. The average molecular weight is 246 g/mol. The highest BCUT2D eigenvalue weighted by Crippen LogP contribution is 2.24. The third-order valence-corrected chi connectivity index (χ3v) is 1.57. The second kappa shape index (κ2) is 7.35. The third kappa shape index (κ3) is 7.36. The van der Waals surface area contributed by atoms with Crippen LogP contribution in [0.4, 0.5) is 22.0 Å². The van der Waals surface area contributed by atoms with E-state index < -0.39 is 31.7 Å². The molecule has 1 atom stereocenters. The molecule has 1 N–H and O–H groups in total. The van der Waals surface area contributed by atoms with Gasteiger partial charge in [0, 0.05) is 13.1 Å². The van der Waals surface area contributed by atoms with Gasteiger partial charge in [-0.1, -0.05) is 0 Å². The molecule has 0 fully saturated rings. The van der Waals surface area contributed by atoms with E-state index in [1.807, 2.05) is 0 Å². The van der Waals surface area contributed by atoms with Crippen molar-refractivity contribution < 1.29 is 26.7 Å². The van der Waals surface area contributed by atoms with Crippen molar-refractivity contribution in [2.45, 2.75) is 12.6 Å². The molecular weight excluding hydrogens is 235 g/mol. The number of rotatable bonds is 7. The lowest BCUT2D eigenvalue weighted by Crippen LogP contribution is -2.34. The van der Waals surface area contributed by atoms with Gasteiger partial charge in [-0.15, -0.1) is 0 Å². The quantitative estimate of drug-likeness (QED) is 0.547. The molecule has 0 bridgehead atoms. The van der Waals surface area contributed by atoms with Crippen LogP contribution in [0.3, 0.4) is 0 Å². The summed E-state index contributed by atoms with van der Waals surface area (Å²) in [6, 6.07) is 1.10. The molecule has 0 aromatic heterocycles. The first kappa shape index (κ1) is 15.1. The van der Waals surface area contributed by atoms with Crippen molar-refractivity contribution in [1.82, 2.24) is 5.32 Å². The van der Waals surface area contributed by atoms with Gasteiger partial charge in [0.25, 0.3) is 6.43 Å². The molecule has 0 rings (SSSR count). The molecule has 0 aliphatic heterocycles. The van der Waals surface area contributed by atoms with Gasteiger partial charge in [-0.3, -0.25) is 0 Å². The lowest BCUT2D eigenvalue weighted by Gasteiger charge is -2.13. The largest absolute Gasteiger partial charge is 0.405 e. The minimum absolute atomic E-state index is 0.0129. The van der Waals surface area contributed by atoms with E-state index >= 15 is 0 Å². The molecular formula is C8H11F5N2O. The van der Waals surface area contributed by atoms with Gasteiger partial charge < -0.3 is 10.1 Å². The summed E-state index contributed by atoms with van der Waals surface area (Å²) in [5.74, 6) is -2.09. The highest BCUT2D eigenvalue weighted by Gasteiger charge is 2.39. The van der Waals surface area contributed by atoms with Crippen LogP contribution in [0.15, 0.2) is 0 Å². The molecule has 3 nitrogen and oxygen atoms in total. The first-order valence-electron chi connectivity index (χ1n) is 4.41. The Hall–Kier alpha value is -0.940. The normalized spacial score (nSPS) is 13.8. The maximum atomic E-state index is 12.0. The zero-order valence-electron chi connectivity index (χ0n) is 8.23. The molecule has 0 saturated heterocycles. The van der Waals surface area contributed by atoms with Crippen molar-refractivity contribution in [1.29, 1.82) is 5.26 Å². The van der Waals surface area contributed by atoms with E-state index in [9.17, 15) is 22.0 Å². The predicted molar refractivity (Wildman–Crippen MR) is 44.9 cm³/mol. The van der Waals surface area contributed by atoms with E-state index in [0.29, 0.717) is 0 Å². The van der Waals surface area contributed by atoms with Crippen molar-refractivity contribution in [3.63, 3.8) is 0 Å². The fourth-order valence-electron chi connectivity index (χ4n) is 0.798. The molecule has 0 heterocycles. The van der Waals surface area contributed by atoms with Gasteiger partial charge in [0.2, 0.25) is 0 Å². The Balaban J connectivity index is 3.55. The van der Waals surface area contributed by atoms with Crippen LogP contribution in [0.25, 0.3) is 0 Å². The van der Waals surface area contributed by atoms with Crippen LogP contribution in [0.1, 0.15) is 0 Å². The van der Waals surface area contributed by atoms with E-state index in [-0.39, 0.29) is 13.2 Å². The summed E-state index contributed by atoms with van der Waals surface area (Å²) in [6.45, 7) is -1.46. The van der Waals surface area contributed by atoms with Gasteiger partial charge in [0.15, 0.2) is 5.92 Å². The van der Waals surface area contributed by atoms with Crippen LogP contribution in [0.5, 0.6) is 0 Å². The Kier molecular flexibility index (Phi) is 6.92. The molecule has 0 spiro atoms. The van der Waals surface area contributed by atoms with E-state index in [1.54, 1.807) is 0 Å². The van der Waals surface area contributed by atoms with Crippen molar-refractivity contribution in [3.05, 3.63) is 0 Å². The monoisotopic (exact) mass is 246 g/mol. The van der Waals surface area contributed by atoms with E-state index in [1.165, 1.54) is 0 Å². The van der Waals surface area contributed by atoms with Crippen LogP contribution in [-0.4, -0.2) is 38.9 Å². The molecule has 94 valence electrons. The van der Waals surface area contributed by atoms with Gasteiger partial charge in [0.1, 0.15) is 6.61 Å². The number of hydrogen-bond donors (Lipinski definition) is 1. The summed E-state index contributed by atoms with van der Waals surface area (Å²) < 4.78 is 63.5. The standard InChI is InChI=1S/C8H11F5N2O/c9-7(10)5-16-2-1-15-4-6(3-14)8(11,12)13/h6-7,15H,1-2,4-5H2. The van der Waals surface area contributed by atoms with Crippen LogP contribution in [-0.2, 0) is 4.74 Å². The second-order valence-electron chi connectivity index (χ2n) is 2.89. The predicted octanol–water partition coefficient (Wildman–Crippen LogP) is 1.56. The van der Waals surface area contributed by atoms with E-state index in [2.05, 4.69) is 10.1 Å². The molecule has 0 saturated carbocycles. The van der Waals surface area contributed by atoms with Crippen LogP contribution in [0, 0.1) is 17.2 Å². The van der Waals surface area contributed by atoms with Crippen molar-refractivity contribution >= 4 is 0 Å². The van der Waals surface area contributed by atoms with Crippen molar-refractivity contribution in [3.8, 4) is 6.07 Å². The fraction of sp³-hybridized carbons (Fsp3) is 0.875. The molecule has 8 heteroatoms. The zero-order chi connectivity index (χ0) is 12.6. The topological polar surface area (TPSA) is 45.0 Å². The van der Waals surface area contributed by atoms with Gasteiger partial charge in [-0.2, -0.15) is 18.4 Å². The first-order chi connectivity index (χ1) is 7.38. The molecule has 1 unspecified atom stereocenters. The Morgan fingerprint density at radius 1 is 1.31 bits per heavy atom. The van der Waals surface area contributed by atoms with Crippen molar-refractivity contribution in [2.75, 3.05) is 26.3 Å². The lowest BCUT2D eigenvalue weighted by molar-refractivity contribution is -0.157. The summed E-state index contributed by atoms with van der Waals surface area (Å²) in [4.78, 5) is 0. The molecule has 0 aliphatic rings. The number of alkyl halides is 5. The maximum Gasteiger partial charge on any atom is 0.405 e. The number of ether oxygens (including phenoxy) is 1. The zero-order valence-corrected chi connectivity index (χ0v) is 8.23. The van der Waals surface area contributed by atoms with Crippen molar-refractivity contribution in [2.24, 2.45) is 5.92 Å². The minimum atomic E-state index is -4.58. The van der Waals surface area contributed by atoms with Crippen LogP contribution in [0.2, 0.25) is 0 Å². The number of hydrogen-bond acceptors (Lipinski definition) is 3. The summed E-state index contributed by atoms with van der Waals surface area (Å²) in [5.41, 5.74) is 0. The lowest BCUT2D eigenvalue weighted by atomic mass is 10.1. The summed E-state index contributed by atoms with van der Waals surface area (Å²) >= 11 is 0.